The zero-order valence-corrected chi connectivity index (χ0v) is 10.7. The Kier molecular flexibility index (Phi) is 3.72. The maximum atomic E-state index is 13.0. The molecule has 0 fully saturated rings. The molecule has 0 heterocycles. The summed E-state index contributed by atoms with van der Waals surface area (Å²) in [5, 5.41) is 2.59. The van der Waals surface area contributed by atoms with Gasteiger partial charge in [-0.05, 0) is 58.4 Å². The van der Waals surface area contributed by atoms with E-state index in [0.29, 0.717) is 11.3 Å². The highest BCUT2D eigenvalue weighted by Gasteiger charge is 2.07. The van der Waals surface area contributed by atoms with Gasteiger partial charge in [0.05, 0.1) is 4.47 Å². The lowest BCUT2D eigenvalue weighted by Gasteiger charge is -2.06. The third-order valence-electron chi connectivity index (χ3n) is 2.28. The maximum absolute atomic E-state index is 13.0. The molecule has 18 heavy (non-hydrogen) atoms. The molecule has 0 unspecified atom stereocenters. The van der Waals surface area contributed by atoms with Crippen molar-refractivity contribution in [1.29, 1.82) is 0 Å². The van der Waals surface area contributed by atoms with E-state index in [-0.39, 0.29) is 10.4 Å². The van der Waals surface area contributed by atoms with Gasteiger partial charge < -0.3 is 5.32 Å². The molecule has 2 nitrogen and oxygen atoms in total. The number of halogens is 3. The molecule has 0 aliphatic heterocycles. The Balaban J connectivity index is 2.16. The molecule has 1 N–H and O–H groups in total. The summed E-state index contributed by atoms with van der Waals surface area (Å²) >= 11 is 3.03. The van der Waals surface area contributed by atoms with E-state index in [4.69, 9.17) is 0 Å². The fourth-order valence-electron chi connectivity index (χ4n) is 1.38. The largest absolute Gasteiger partial charge is 0.322 e. The van der Waals surface area contributed by atoms with Crippen LogP contribution in [0.2, 0.25) is 0 Å². The Morgan fingerprint density at radius 1 is 1.06 bits per heavy atom. The Bertz CT molecular complexity index is 584. The summed E-state index contributed by atoms with van der Waals surface area (Å²) in [6.45, 7) is 0. The number of benzene rings is 2. The van der Waals surface area contributed by atoms with E-state index in [1.165, 1.54) is 42.5 Å². The van der Waals surface area contributed by atoms with Gasteiger partial charge in [0.15, 0.2) is 0 Å². The smallest absolute Gasteiger partial charge is 0.255 e. The van der Waals surface area contributed by atoms with Crippen LogP contribution < -0.4 is 5.32 Å². The van der Waals surface area contributed by atoms with E-state index in [2.05, 4.69) is 21.2 Å². The van der Waals surface area contributed by atoms with E-state index in [1.54, 1.807) is 0 Å². The van der Waals surface area contributed by atoms with Crippen LogP contribution in [-0.2, 0) is 0 Å². The first kappa shape index (κ1) is 12.7. The third-order valence-corrected chi connectivity index (χ3v) is 2.89. The molecular formula is C13H8BrF2NO. The van der Waals surface area contributed by atoms with Crippen molar-refractivity contribution in [3.63, 3.8) is 0 Å². The quantitative estimate of drug-likeness (QED) is 0.893. The van der Waals surface area contributed by atoms with Gasteiger partial charge in [0.1, 0.15) is 11.6 Å². The lowest BCUT2D eigenvalue weighted by Crippen LogP contribution is -2.11. The number of nitrogens with one attached hydrogen (secondary N) is 1. The first-order chi connectivity index (χ1) is 8.56. The number of anilines is 1. The molecule has 0 aromatic heterocycles. The molecule has 0 bridgehead atoms. The van der Waals surface area contributed by atoms with Crippen LogP contribution >= 0.6 is 15.9 Å². The Hall–Kier alpha value is -1.75. The van der Waals surface area contributed by atoms with Crippen LogP contribution in [0.5, 0.6) is 0 Å². The molecule has 1 amide bonds. The van der Waals surface area contributed by atoms with Gasteiger partial charge in [-0.3, -0.25) is 4.79 Å². The number of rotatable bonds is 2. The predicted octanol–water partition coefficient (Wildman–Crippen LogP) is 3.98. The Labute approximate surface area is 111 Å². The fourth-order valence-corrected chi connectivity index (χ4v) is 1.76. The second-order valence-corrected chi connectivity index (χ2v) is 4.44. The molecule has 0 spiro atoms. The molecule has 2 aromatic rings. The minimum Gasteiger partial charge on any atom is -0.322 e. The first-order valence-corrected chi connectivity index (χ1v) is 5.87. The number of amides is 1. The summed E-state index contributed by atoms with van der Waals surface area (Å²) in [4.78, 5) is 11.8. The van der Waals surface area contributed by atoms with Gasteiger partial charge in [0.2, 0.25) is 0 Å². The topological polar surface area (TPSA) is 29.1 Å². The van der Waals surface area contributed by atoms with E-state index in [0.717, 1.165) is 0 Å². The summed E-state index contributed by atoms with van der Waals surface area (Å²) in [6, 6.07) is 9.31. The van der Waals surface area contributed by atoms with Gasteiger partial charge in [-0.25, -0.2) is 8.78 Å². The van der Waals surface area contributed by atoms with Gasteiger partial charge in [0, 0.05) is 11.3 Å². The lowest BCUT2D eigenvalue weighted by molar-refractivity contribution is 0.102. The number of carbonyl (C=O) groups is 1. The highest BCUT2D eigenvalue weighted by atomic mass is 79.9. The monoisotopic (exact) mass is 311 g/mol. The van der Waals surface area contributed by atoms with Crippen molar-refractivity contribution in [2.45, 2.75) is 0 Å². The van der Waals surface area contributed by atoms with Gasteiger partial charge >= 0.3 is 0 Å². The molecule has 0 radical (unpaired) electrons. The molecule has 0 aliphatic rings. The third kappa shape index (κ3) is 2.92. The molecule has 2 rings (SSSR count). The van der Waals surface area contributed by atoms with E-state index in [9.17, 15) is 13.6 Å². The van der Waals surface area contributed by atoms with Crippen LogP contribution in [0.25, 0.3) is 0 Å². The van der Waals surface area contributed by atoms with Crippen molar-refractivity contribution in [3.8, 4) is 0 Å². The number of carbonyl (C=O) groups excluding carboxylic acids is 1. The fraction of sp³-hybridized carbons (Fsp3) is 0. The Morgan fingerprint density at radius 2 is 1.72 bits per heavy atom. The van der Waals surface area contributed by atoms with Crippen LogP contribution in [0.4, 0.5) is 14.5 Å². The minimum absolute atomic E-state index is 0.263. The summed E-state index contributed by atoms with van der Waals surface area (Å²) in [6.07, 6.45) is 0. The second-order valence-electron chi connectivity index (χ2n) is 3.59. The van der Waals surface area contributed by atoms with Gasteiger partial charge in [0.25, 0.3) is 5.91 Å². The van der Waals surface area contributed by atoms with Crippen molar-refractivity contribution in [2.75, 3.05) is 5.32 Å². The highest BCUT2D eigenvalue weighted by Crippen LogP contribution is 2.20. The van der Waals surface area contributed by atoms with E-state index >= 15 is 0 Å². The van der Waals surface area contributed by atoms with Gasteiger partial charge in [-0.15, -0.1) is 0 Å². The van der Waals surface area contributed by atoms with Gasteiger partial charge in [-0.1, -0.05) is 0 Å². The number of hydrogen-bond donors (Lipinski definition) is 1. The standard InChI is InChI=1S/C13H8BrF2NO/c14-11-7-10(5-6-12(11)16)17-13(18)8-1-3-9(15)4-2-8/h1-7H,(H,17,18). The average Bonchev–Trinajstić information content (AvgIpc) is 2.34. The van der Waals surface area contributed by atoms with Crippen molar-refractivity contribution in [1.82, 2.24) is 0 Å². The molecule has 92 valence electrons. The predicted molar refractivity (Wildman–Crippen MR) is 68.5 cm³/mol. The minimum atomic E-state index is -0.408. The summed E-state index contributed by atoms with van der Waals surface area (Å²) in [7, 11) is 0. The summed E-state index contributed by atoms with van der Waals surface area (Å²) in [5.74, 6) is -1.20. The molecule has 0 aliphatic carbocycles. The first-order valence-electron chi connectivity index (χ1n) is 5.08. The molecule has 0 saturated carbocycles. The highest BCUT2D eigenvalue weighted by molar-refractivity contribution is 9.10. The van der Waals surface area contributed by atoms with Crippen molar-refractivity contribution in [2.24, 2.45) is 0 Å². The summed E-state index contributed by atoms with van der Waals surface area (Å²) in [5.41, 5.74) is 0.787. The van der Waals surface area contributed by atoms with Crippen LogP contribution in [0, 0.1) is 11.6 Å². The van der Waals surface area contributed by atoms with E-state index in [1.807, 2.05) is 0 Å². The van der Waals surface area contributed by atoms with Crippen LogP contribution in [0.1, 0.15) is 10.4 Å². The molecule has 5 heteroatoms. The second kappa shape index (κ2) is 5.27. The van der Waals surface area contributed by atoms with Crippen LogP contribution in [0.15, 0.2) is 46.9 Å². The van der Waals surface area contributed by atoms with E-state index < -0.39 is 11.6 Å². The van der Waals surface area contributed by atoms with Gasteiger partial charge in [-0.2, -0.15) is 0 Å². The molecule has 2 aromatic carbocycles. The zero-order valence-electron chi connectivity index (χ0n) is 9.08. The zero-order chi connectivity index (χ0) is 13.1. The van der Waals surface area contributed by atoms with Crippen molar-refractivity contribution < 1.29 is 13.6 Å². The molecule has 0 saturated heterocycles. The average molecular weight is 312 g/mol. The normalized spacial score (nSPS) is 10.2. The van der Waals surface area contributed by atoms with Crippen molar-refractivity contribution >= 4 is 27.5 Å². The molecule has 0 atom stereocenters. The van der Waals surface area contributed by atoms with Crippen molar-refractivity contribution in [3.05, 3.63) is 64.1 Å². The summed E-state index contributed by atoms with van der Waals surface area (Å²) < 4.78 is 26.0. The maximum Gasteiger partial charge on any atom is 0.255 e. The SMILES string of the molecule is O=C(Nc1ccc(F)c(Br)c1)c1ccc(F)cc1. The van der Waals surface area contributed by atoms with Crippen LogP contribution in [-0.4, -0.2) is 5.91 Å². The lowest BCUT2D eigenvalue weighted by atomic mass is 10.2. The van der Waals surface area contributed by atoms with Crippen LogP contribution in [0.3, 0.4) is 0 Å². The number of hydrogen-bond acceptors (Lipinski definition) is 1. The Morgan fingerprint density at radius 3 is 2.33 bits per heavy atom. The molecular weight excluding hydrogens is 304 g/mol.